The van der Waals surface area contributed by atoms with E-state index in [-0.39, 0.29) is 12.5 Å². The number of fused-ring (bicyclic) bond motifs is 2. The summed E-state index contributed by atoms with van der Waals surface area (Å²) in [6.45, 7) is -0.159. The lowest BCUT2D eigenvalue weighted by Gasteiger charge is -2.07. The summed E-state index contributed by atoms with van der Waals surface area (Å²) in [7, 11) is 0. The van der Waals surface area contributed by atoms with Crippen LogP contribution in [-0.4, -0.2) is 29.6 Å². The van der Waals surface area contributed by atoms with Gasteiger partial charge in [0.25, 0.3) is 11.8 Å². The minimum absolute atomic E-state index is 0.159. The van der Waals surface area contributed by atoms with Gasteiger partial charge in [-0.05, 0) is 22.9 Å². The molecule has 0 saturated carbocycles. The van der Waals surface area contributed by atoms with E-state index in [1.54, 1.807) is 12.3 Å². The van der Waals surface area contributed by atoms with Gasteiger partial charge in [-0.1, -0.05) is 54.6 Å². The van der Waals surface area contributed by atoms with Gasteiger partial charge in [-0.15, -0.1) is 0 Å². The van der Waals surface area contributed by atoms with Gasteiger partial charge in [0.15, 0.2) is 0 Å². The molecule has 0 aliphatic heterocycles. The maximum Gasteiger partial charge on any atom is 0.259 e. The zero-order chi connectivity index (χ0) is 19.3. The fraction of sp³-hybridized carbons (Fsp3) is 0.0455. The number of aromatic nitrogens is 1. The van der Waals surface area contributed by atoms with E-state index in [1.807, 2.05) is 66.9 Å². The van der Waals surface area contributed by atoms with E-state index in [4.69, 9.17) is 0 Å². The van der Waals surface area contributed by atoms with Crippen LogP contribution < -0.4 is 10.7 Å². The molecule has 0 atom stereocenters. The number of aromatic amines is 1. The van der Waals surface area contributed by atoms with Gasteiger partial charge < -0.3 is 10.3 Å². The van der Waals surface area contributed by atoms with E-state index in [1.165, 1.54) is 0 Å². The number of carbonyl (C=O) groups excluding carboxylic acids is 2. The molecule has 0 unspecified atom stereocenters. The fourth-order valence-corrected chi connectivity index (χ4v) is 3.09. The number of hydrogen-bond donors (Lipinski definition) is 3. The van der Waals surface area contributed by atoms with E-state index in [0.717, 1.165) is 27.2 Å². The van der Waals surface area contributed by atoms with Crippen molar-refractivity contribution in [3.63, 3.8) is 0 Å². The average molecular weight is 370 g/mol. The number of rotatable bonds is 5. The summed E-state index contributed by atoms with van der Waals surface area (Å²) in [6.07, 6.45) is 3.39. The predicted molar refractivity (Wildman–Crippen MR) is 110 cm³/mol. The summed E-state index contributed by atoms with van der Waals surface area (Å²) >= 11 is 0. The van der Waals surface area contributed by atoms with Crippen molar-refractivity contribution < 1.29 is 9.59 Å². The first kappa shape index (κ1) is 17.5. The molecular formula is C22H18N4O2. The van der Waals surface area contributed by atoms with Crippen molar-refractivity contribution in [3.05, 3.63) is 84.1 Å². The van der Waals surface area contributed by atoms with Crippen molar-refractivity contribution in [3.8, 4) is 0 Å². The molecule has 1 aromatic heterocycles. The third kappa shape index (κ3) is 3.61. The summed E-state index contributed by atoms with van der Waals surface area (Å²) in [5.41, 5.74) is 4.84. The van der Waals surface area contributed by atoms with Gasteiger partial charge in [-0.25, -0.2) is 5.43 Å². The van der Waals surface area contributed by atoms with Crippen LogP contribution in [0, 0.1) is 0 Å². The molecule has 1 heterocycles. The van der Waals surface area contributed by atoms with Crippen LogP contribution in [0.3, 0.4) is 0 Å². The molecule has 0 spiro atoms. The Bertz CT molecular complexity index is 1190. The van der Waals surface area contributed by atoms with Crippen LogP contribution in [0.2, 0.25) is 0 Å². The first-order chi connectivity index (χ1) is 13.7. The lowest BCUT2D eigenvalue weighted by atomic mass is 10.0. The summed E-state index contributed by atoms with van der Waals surface area (Å²) in [5.74, 6) is -0.697. The smallest absolute Gasteiger partial charge is 0.259 e. The summed E-state index contributed by atoms with van der Waals surface area (Å²) < 4.78 is 0. The van der Waals surface area contributed by atoms with Gasteiger partial charge in [0.1, 0.15) is 0 Å². The van der Waals surface area contributed by atoms with Crippen molar-refractivity contribution >= 4 is 39.7 Å². The molecule has 0 radical (unpaired) electrons. The number of nitrogens with one attached hydrogen (secondary N) is 3. The Hall–Kier alpha value is -3.93. The number of benzene rings is 3. The Morgan fingerprint density at radius 3 is 2.57 bits per heavy atom. The molecule has 6 heteroatoms. The van der Waals surface area contributed by atoms with Gasteiger partial charge in [0, 0.05) is 28.2 Å². The zero-order valence-electron chi connectivity index (χ0n) is 15.0. The van der Waals surface area contributed by atoms with E-state index < -0.39 is 5.91 Å². The third-order valence-corrected chi connectivity index (χ3v) is 4.46. The van der Waals surface area contributed by atoms with Gasteiger partial charge >= 0.3 is 0 Å². The van der Waals surface area contributed by atoms with Crippen LogP contribution in [-0.2, 0) is 4.79 Å². The van der Waals surface area contributed by atoms with Gasteiger partial charge in [-0.3, -0.25) is 9.59 Å². The SMILES string of the molecule is O=C(CNC(=O)c1cccc2ccccc12)N/N=C\c1c[nH]c2ccccc12. The maximum atomic E-state index is 12.4. The second-order valence-electron chi connectivity index (χ2n) is 6.29. The molecule has 0 saturated heterocycles. The zero-order valence-corrected chi connectivity index (χ0v) is 15.0. The average Bonchev–Trinajstić information content (AvgIpc) is 3.15. The van der Waals surface area contributed by atoms with Crippen LogP contribution in [0.25, 0.3) is 21.7 Å². The van der Waals surface area contributed by atoms with Crippen molar-refractivity contribution in [1.82, 2.24) is 15.7 Å². The lowest BCUT2D eigenvalue weighted by Crippen LogP contribution is -2.35. The number of H-pyrrole nitrogens is 1. The summed E-state index contributed by atoms with van der Waals surface area (Å²) in [6, 6.07) is 21.0. The topological polar surface area (TPSA) is 86.3 Å². The first-order valence-electron chi connectivity index (χ1n) is 8.86. The molecule has 0 aliphatic rings. The minimum Gasteiger partial charge on any atom is -0.361 e. The van der Waals surface area contributed by atoms with Crippen molar-refractivity contribution in [1.29, 1.82) is 0 Å². The van der Waals surface area contributed by atoms with Crippen molar-refractivity contribution in [2.75, 3.05) is 6.54 Å². The van der Waals surface area contributed by atoms with Crippen molar-refractivity contribution in [2.45, 2.75) is 0 Å². The van der Waals surface area contributed by atoms with Crippen LogP contribution >= 0.6 is 0 Å². The van der Waals surface area contributed by atoms with E-state index >= 15 is 0 Å². The Morgan fingerprint density at radius 1 is 0.929 bits per heavy atom. The third-order valence-electron chi connectivity index (χ3n) is 4.46. The highest BCUT2D eigenvalue weighted by molar-refractivity contribution is 6.07. The number of carbonyl (C=O) groups is 2. The monoisotopic (exact) mass is 370 g/mol. The predicted octanol–water partition coefficient (Wildman–Crippen LogP) is 3.20. The van der Waals surface area contributed by atoms with E-state index in [9.17, 15) is 9.59 Å². The Morgan fingerprint density at radius 2 is 1.68 bits per heavy atom. The Balaban J connectivity index is 1.36. The number of para-hydroxylation sites is 1. The molecule has 3 aromatic carbocycles. The first-order valence-corrected chi connectivity index (χ1v) is 8.86. The molecular weight excluding hydrogens is 352 g/mol. The second kappa shape index (κ2) is 7.75. The number of hydrazone groups is 1. The molecule has 6 nitrogen and oxygen atoms in total. The molecule has 0 aliphatic carbocycles. The fourth-order valence-electron chi connectivity index (χ4n) is 3.09. The molecule has 3 N–H and O–H groups in total. The normalized spacial score (nSPS) is 11.1. The Labute approximate surface area is 161 Å². The number of nitrogens with zero attached hydrogens (tertiary/aromatic N) is 1. The number of amides is 2. The molecule has 2 amide bonds. The maximum absolute atomic E-state index is 12.4. The van der Waals surface area contributed by atoms with Gasteiger partial charge in [-0.2, -0.15) is 5.10 Å². The molecule has 0 bridgehead atoms. The molecule has 138 valence electrons. The highest BCUT2D eigenvalue weighted by atomic mass is 16.2. The van der Waals surface area contributed by atoms with Crippen LogP contribution in [0.15, 0.2) is 78.0 Å². The van der Waals surface area contributed by atoms with Gasteiger partial charge in [0.2, 0.25) is 0 Å². The van der Waals surface area contributed by atoms with Crippen LogP contribution in [0.4, 0.5) is 0 Å². The van der Waals surface area contributed by atoms with Crippen molar-refractivity contribution in [2.24, 2.45) is 5.10 Å². The second-order valence-corrected chi connectivity index (χ2v) is 6.29. The minimum atomic E-state index is -0.398. The molecule has 4 rings (SSSR count). The van der Waals surface area contributed by atoms with Gasteiger partial charge in [0.05, 0.1) is 12.8 Å². The highest BCUT2D eigenvalue weighted by Gasteiger charge is 2.10. The van der Waals surface area contributed by atoms with E-state index in [0.29, 0.717) is 5.56 Å². The standard InChI is InChI=1S/C22H18N4O2/c27-21(26-25-13-16-12-23-20-11-4-3-9-18(16)20)14-24-22(28)19-10-5-7-15-6-1-2-8-17(15)19/h1-13,23H,14H2,(H,24,28)(H,26,27)/b25-13-. The highest BCUT2D eigenvalue weighted by Crippen LogP contribution is 2.18. The van der Waals surface area contributed by atoms with E-state index in [2.05, 4.69) is 20.8 Å². The largest absolute Gasteiger partial charge is 0.361 e. The summed E-state index contributed by atoms with van der Waals surface area (Å²) in [4.78, 5) is 27.6. The molecule has 28 heavy (non-hydrogen) atoms. The molecule has 0 fully saturated rings. The summed E-state index contributed by atoms with van der Waals surface area (Å²) in [5, 5.41) is 9.44. The number of hydrogen-bond acceptors (Lipinski definition) is 3. The quantitative estimate of drug-likeness (QED) is 0.372. The Kier molecular flexibility index (Phi) is 4.84. The molecule has 4 aromatic rings. The van der Waals surface area contributed by atoms with Crippen LogP contribution in [0.5, 0.6) is 0 Å². The lowest BCUT2D eigenvalue weighted by molar-refractivity contribution is -0.120. The van der Waals surface area contributed by atoms with Crippen LogP contribution in [0.1, 0.15) is 15.9 Å².